The highest BCUT2D eigenvalue weighted by atomic mass is 19.3. The third-order valence-corrected chi connectivity index (χ3v) is 3.76. The van der Waals surface area contributed by atoms with E-state index in [0.29, 0.717) is 5.69 Å². The molecular formula is C19H15F4N5O3. The Bertz CT molecular complexity index is 1070. The van der Waals surface area contributed by atoms with Crippen molar-refractivity contribution in [1.82, 2.24) is 15.0 Å². The Kier molecular flexibility index (Phi) is 6.80. The van der Waals surface area contributed by atoms with Gasteiger partial charge in [0.15, 0.2) is 11.6 Å². The second-order valence-corrected chi connectivity index (χ2v) is 5.87. The first-order valence-corrected chi connectivity index (χ1v) is 8.65. The Morgan fingerprint density at radius 1 is 1.10 bits per heavy atom. The number of anilines is 3. The van der Waals surface area contributed by atoms with Gasteiger partial charge in [0.2, 0.25) is 5.95 Å². The first-order chi connectivity index (χ1) is 14.9. The smallest absolute Gasteiger partial charge is 0.304 e. The molecule has 2 N–H and O–H groups in total. The summed E-state index contributed by atoms with van der Waals surface area (Å²) in [5.41, 5.74) is 0.0490. The van der Waals surface area contributed by atoms with E-state index in [1.54, 1.807) is 0 Å². The van der Waals surface area contributed by atoms with Gasteiger partial charge in [-0.1, -0.05) is 0 Å². The van der Waals surface area contributed by atoms with Crippen molar-refractivity contribution in [2.45, 2.75) is 12.8 Å². The number of rotatable bonds is 8. The molecule has 0 saturated heterocycles. The summed E-state index contributed by atoms with van der Waals surface area (Å²) >= 11 is 0. The molecule has 3 aromatic rings. The van der Waals surface area contributed by atoms with Gasteiger partial charge in [0, 0.05) is 30.2 Å². The largest absolute Gasteiger partial charge is 0.494 e. The van der Waals surface area contributed by atoms with Gasteiger partial charge < -0.3 is 20.1 Å². The summed E-state index contributed by atoms with van der Waals surface area (Å²) in [6.45, 7) is 0. The molecule has 3 rings (SSSR count). The van der Waals surface area contributed by atoms with E-state index in [0.717, 1.165) is 18.3 Å². The van der Waals surface area contributed by atoms with Gasteiger partial charge in [0.1, 0.15) is 17.1 Å². The number of benzene rings is 1. The van der Waals surface area contributed by atoms with Gasteiger partial charge >= 0.3 is 6.43 Å². The topological polar surface area (TPSA) is 98.3 Å². The molecule has 0 bridgehead atoms. The van der Waals surface area contributed by atoms with Crippen molar-refractivity contribution >= 4 is 23.2 Å². The second-order valence-electron chi connectivity index (χ2n) is 5.87. The number of carbonyl (C=O) groups excluding carboxylic acids is 1. The monoisotopic (exact) mass is 437 g/mol. The van der Waals surface area contributed by atoms with Crippen molar-refractivity contribution in [2.24, 2.45) is 0 Å². The summed E-state index contributed by atoms with van der Waals surface area (Å²) < 4.78 is 61.2. The van der Waals surface area contributed by atoms with E-state index in [2.05, 4.69) is 30.3 Å². The molecule has 2 aromatic heterocycles. The van der Waals surface area contributed by atoms with Crippen LogP contribution in [-0.4, -0.2) is 40.8 Å². The molecule has 162 valence electrons. The number of pyridine rings is 1. The molecule has 12 heteroatoms. The van der Waals surface area contributed by atoms with E-state index in [1.807, 2.05) is 0 Å². The number of hydrogen-bond donors (Lipinski definition) is 2. The SMILES string of the molecule is COc1ccc(Nc2nccc(C(=O)Nc3cnccc3OC(F)C(F)F)n2)cc1F. The molecule has 8 nitrogen and oxygen atoms in total. The van der Waals surface area contributed by atoms with Crippen molar-refractivity contribution in [2.75, 3.05) is 17.7 Å². The van der Waals surface area contributed by atoms with Crippen LogP contribution in [0.1, 0.15) is 10.5 Å². The number of hydrogen-bond acceptors (Lipinski definition) is 7. The maximum atomic E-state index is 13.8. The summed E-state index contributed by atoms with van der Waals surface area (Å²) in [6.07, 6.45) is -2.68. The number of carbonyl (C=O) groups is 1. The fourth-order valence-electron chi connectivity index (χ4n) is 2.36. The molecule has 0 aliphatic heterocycles. The second kappa shape index (κ2) is 9.69. The molecule has 0 saturated carbocycles. The average molecular weight is 437 g/mol. The molecule has 1 unspecified atom stereocenters. The normalized spacial score (nSPS) is 11.7. The molecule has 2 heterocycles. The molecule has 0 radical (unpaired) electrons. The minimum atomic E-state index is -3.37. The summed E-state index contributed by atoms with van der Waals surface area (Å²) in [4.78, 5) is 24.2. The maximum Gasteiger partial charge on any atom is 0.304 e. The predicted octanol–water partition coefficient (Wildman–Crippen LogP) is 3.95. The molecule has 0 spiro atoms. The van der Waals surface area contributed by atoms with E-state index in [1.165, 1.54) is 37.7 Å². The molecule has 1 atom stereocenters. The maximum absolute atomic E-state index is 13.8. The zero-order valence-corrected chi connectivity index (χ0v) is 15.9. The van der Waals surface area contributed by atoms with Crippen molar-refractivity contribution in [1.29, 1.82) is 0 Å². The van der Waals surface area contributed by atoms with Crippen LogP contribution in [0.4, 0.5) is 34.9 Å². The number of aromatic nitrogens is 3. The van der Waals surface area contributed by atoms with Crippen LogP contribution in [0.5, 0.6) is 11.5 Å². The van der Waals surface area contributed by atoms with E-state index in [-0.39, 0.29) is 28.8 Å². The zero-order valence-electron chi connectivity index (χ0n) is 15.9. The van der Waals surface area contributed by atoms with Gasteiger partial charge in [-0.25, -0.2) is 23.1 Å². The van der Waals surface area contributed by atoms with E-state index >= 15 is 0 Å². The lowest BCUT2D eigenvalue weighted by molar-refractivity contribution is -0.0665. The predicted molar refractivity (Wildman–Crippen MR) is 102 cm³/mol. The van der Waals surface area contributed by atoms with Crippen LogP contribution in [0, 0.1) is 5.82 Å². The van der Waals surface area contributed by atoms with Crippen LogP contribution in [0.3, 0.4) is 0 Å². The van der Waals surface area contributed by atoms with Crippen molar-refractivity contribution in [3.05, 3.63) is 60.4 Å². The van der Waals surface area contributed by atoms with Crippen LogP contribution in [0.25, 0.3) is 0 Å². The molecule has 31 heavy (non-hydrogen) atoms. The highest BCUT2D eigenvalue weighted by Crippen LogP contribution is 2.26. The number of nitrogens with zero attached hydrogens (tertiary/aromatic N) is 3. The first-order valence-electron chi connectivity index (χ1n) is 8.65. The molecular weight excluding hydrogens is 422 g/mol. The Hall–Kier alpha value is -3.96. The fraction of sp³-hybridized carbons (Fsp3) is 0.158. The third kappa shape index (κ3) is 5.56. The highest BCUT2D eigenvalue weighted by molar-refractivity contribution is 6.03. The van der Waals surface area contributed by atoms with Gasteiger partial charge in [0.25, 0.3) is 12.3 Å². The number of alkyl halides is 3. The lowest BCUT2D eigenvalue weighted by atomic mass is 10.3. The van der Waals surface area contributed by atoms with Crippen LogP contribution < -0.4 is 20.1 Å². The number of nitrogens with one attached hydrogen (secondary N) is 2. The van der Waals surface area contributed by atoms with Gasteiger partial charge in [-0.05, 0) is 18.2 Å². The summed E-state index contributed by atoms with van der Waals surface area (Å²) in [5.74, 6) is -1.67. The highest BCUT2D eigenvalue weighted by Gasteiger charge is 2.23. The molecule has 0 aliphatic carbocycles. The van der Waals surface area contributed by atoms with Crippen LogP contribution in [-0.2, 0) is 0 Å². The molecule has 1 aromatic carbocycles. The van der Waals surface area contributed by atoms with Crippen LogP contribution >= 0.6 is 0 Å². The lowest BCUT2D eigenvalue weighted by Crippen LogP contribution is -2.21. The molecule has 0 fully saturated rings. The Morgan fingerprint density at radius 2 is 1.90 bits per heavy atom. The average Bonchev–Trinajstić information content (AvgIpc) is 2.75. The summed E-state index contributed by atoms with van der Waals surface area (Å²) in [6, 6.07) is 6.48. The van der Waals surface area contributed by atoms with Crippen molar-refractivity contribution < 1.29 is 31.8 Å². The molecule has 0 aliphatic rings. The van der Waals surface area contributed by atoms with Gasteiger partial charge in [-0.2, -0.15) is 4.39 Å². The van der Waals surface area contributed by atoms with Gasteiger partial charge in [-0.3, -0.25) is 9.78 Å². The first kappa shape index (κ1) is 21.7. The molecule has 1 amide bonds. The van der Waals surface area contributed by atoms with Gasteiger partial charge in [0.05, 0.1) is 13.3 Å². The number of ether oxygens (including phenoxy) is 2. The lowest BCUT2D eigenvalue weighted by Gasteiger charge is -2.14. The van der Waals surface area contributed by atoms with Crippen LogP contribution in [0.2, 0.25) is 0 Å². The van der Waals surface area contributed by atoms with E-state index in [9.17, 15) is 22.4 Å². The summed E-state index contributed by atoms with van der Waals surface area (Å²) in [5, 5.41) is 5.09. The number of methoxy groups -OCH3 is 1. The van der Waals surface area contributed by atoms with Crippen LogP contribution in [0.15, 0.2) is 48.9 Å². The minimum absolute atomic E-state index is 0.0126. The number of halogens is 4. The summed E-state index contributed by atoms with van der Waals surface area (Å²) in [7, 11) is 1.33. The van der Waals surface area contributed by atoms with E-state index in [4.69, 9.17) is 4.74 Å². The number of amides is 1. The minimum Gasteiger partial charge on any atom is -0.494 e. The zero-order chi connectivity index (χ0) is 22.4. The standard InChI is InChI=1S/C19H15F4N5O3/c1-30-14-3-2-10(8-11(14)20)26-19-25-7-4-12(28-19)18(29)27-13-9-24-6-5-15(13)31-17(23)16(21)22/h2-9,16-17H,1H3,(H,27,29)(H,25,26,28). The quantitative estimate of drug-likeness (QED) is 0.515. The third-order valence-electron chi connectivity index (χ3n) is 3.76. The fourth-order valence-corrected chi connectivity index (χ4v) is 2.36. The Labute approximate surface area is 173 Å². The van der Waals surface area contributed by atoms with E-state index < -0.39 is 24.5 Å². The van der Waals surface area contributed by atoms with Crippen molar-refractivity contribution in [3.8, 4) is 11.5 Å². The Balaban J connectivity index is 1.75. The Morgan fingerprint density at radius 3 is 2.61 bits per heavy atom. The van der Waals surface area contributed by atoms with Crippen molar-refractivity contribution in [3.63, 3.8) is 0 Å². The van der Waals surface area contributed by atoms with Gasteiger partial charge in [-0.15, -0.1) is 0 Å².